The highest BCUT2D eigenvalue weighted by Gasteiger charge is 2.28. The molecule has 28 heavy (non-hydrogen) atoms. The Bertz CT molecular complexity index is 879. The Kier molecular flexibility index (Phi) is 6.62. The molecule has 1 atom stereocenters. The van der Waals surface area contributed by atoms with E-state index in [4.69, 9.17) is 4.98 Å². The van der Waals surface area contributed by atoms with Gasteiger partial charge in [-0.3, -0.25) is 9.69 Å². The van der Waals surface area contributed by atoms with Crippen LogP contribution in [0, 0.1) is 0 Å². The number of thioether (sulfide) groups is 1. The number of nitrogens with one attached hydrogen (secondary N) is 1. The quantitative estimate of drug-likeness (QED) is 0.451. The van der Waals surface area contributed by atoms with E-state index in [9.17, 15) is 4.79 Å². The molecule has 4 rings (SSSR count). The minimum Gasteiger partial charge on any atom is -0.354 e. The van der Waals surface area contributed by atoms with Gasteiger partial charge in [-0.1, -0.05) is 36.8 Å². The lowest BCUT2D eigenvalue weighted by atomic mass is 10.0. The van der Waals surface area contributed by atoms with Gasteiger partial charge in [0.25, 0.3) is 0 Å². The summed E-state index contributed by atoms with van der Waals surface area (Å²) in [6, 6.07) is 18.8. The van der Waals surface area contributed by atoms with Crippen LogP contribution in [0.3, 0.4) is 0 Å². The number of para-hydroxylation sites is 1. The fourth-order valence-corrected chi connectivity index (χ4v) is 5.54. The molecule has 1 fully saturated rings. The zero-order chi connectivity index (χ0) is 19.2. The standard InChI is InChI=1S/C22H25N3OS2/c26-21(23-13-15-27-17-8-2-1-3-9-17)16-25-14-7-6-11-19(25)22-24-18-10-4-5-12-20(18)28-22/h1-5,8-10,12,19H,6-7,11,13-16H2,(H,23,26)/t19-/m0/s1. The highest BCUT2D eigenvalue weighted by atomic mass is 32.2. The second kappa shape index (κ2) is 9.54. The molecule has 0 spiro atoms. The molecule has 0 aliphatic carbocycles. The molecule has 2 heterocycles. The van der Waals surface area contributed by atoms with Gasteiger partial charge in [-0.2, -0.15) is 0 Å². The van der Waals surface area contributed by atoms with Crippen molar-refractivity contribution in [3.8, 4) is 0 Å². The Morgan fingerprint density at radius 2 is 1.96 bits per heavy atom. The maximum Gasteiger partial charge on any atom is 0.234 e. The van der Waals surface area contributed by atoms with Crippen molar-refractivity contribution in [2.24, 2.45) is 0 Å². The summed E-state index contributed by atoms with van der Waals surface area (Å²) in [4.78, 5) is 20.9. The fraction of sp³-hybridized carbons (Fsp3) is 0.364. The average molecular weight is 412 g/mol. The van der Waals surface area contributed by atoms with Crippen LogP contribution >= 0.6 is 23.1 Å². The average Bonchev–Trinajstić information content (AvgIpc) is 3.16. The molecule has 3 aromatic rings. The van der Waals surface area contributed by atoms with Gasteiger partial charge in [-0.25, -0.2) is 4.98 Å². The lowest BCUT2D eigenvalue weighted by Gasteiger charge is -2.33. The molecule has 0 unspecified atom stereocenters. The summed E-state index contributed by atoms with van der Waals surface area (Å²) in [5.74, 6) is 0.999. The largest absolute Gasteiger partial charge is 0.354 e. The molecule has 2 aromatic carbocycles. The highest BCUT2D eigenvalue weighted by molar-refractivity contribution is 7.99. The smallest absolute Gasteiger partial charge is 0.234 e. The van der Waals surface area contributed by atoms with Crippen molar-refractivity contribution in [1.82, 2.24) is 15.2 Å². The summed E-state index contributed by atoms with van der Waals surface area (Å²) in [5.41, 5.74) is 1.07. The molecule has 1 aromatic heterocycles. The van der Waals surface area contributed by atoms with Gasteiger partial charge in [-0.15, -0.1) is 23.1 Å². The van der Waals surface area contributed by atoms with Crippen molar-refractivity contribution >= 4 is 39.2 Å². The number of fused-ring (bicyclic) bond motifs is 1. The predicted octanol–water partition coefficient (Wildman–Crippen LogP) is 4.73. The van der Waals surface area contributed by atoms with Crippen molar-refractivity contribution in [3.63, 3.8) is 0 Å². The summed E-state index contributed by atoms with van der Waals surface area (Å²) in [6.45, 7) is 2.11. The number of carbonyl (C=O) groups excluding carboxylic acids is 1. The molecule has 6 heteroatoms. The van der Waals surface area contributed by atoms with Crippen molar-refractivity contribution < 1.29 is 4.79 Å². The second-order valence-corrected chi connectivity index (χ2v) is 9.24. The molecule has 146 valence electrons. The maximum atomic E-state index is 12.5. The van der Waals surface area contributed by atoms with Crippen LogP contribution in [0.4, 0.5) is 0 Å². The zero-order valence-corrected chi connectivity index (χ0v) is 17.5. The normalized spacial score (nSPS) is 17.6. The minimum atomic E-state index is 0.113. The second-order valence-electron chi connectivity index (χ2n) is 7.01. The summed E-state index contributed by atoms with van der Waals surface area (Å²) >= 11 is 3.54. The van der Waals surface area contributed by atoms with Crippen LogP contribution in [0.25, 0.3) is 10.2 Å². The number of piperidine rings is 1. The summed E-state index contributed by atoms with van der Waals surface area (Å²) in [7, 11) is 0. The first-order valence-corrected chi connectivity index (χ1v) is 11.6. The first-order valence-electron chi connectivity index (χ1n) is 9.84. The number of nitrogens with zero attached hydrogens (tertiary/aromatic N) is 2. The van der Waals surface area contributed by atoms with Gasteiger partial charge >= 0.3 is 0 Å². The molecule has 1 aliphatic heterocycles. The van der Waals surface area contributed by atoms with Crippen LogP contribution in [0.15, 0.2) is 59.5 Å². The van der Waals surface area contributed by atoms with Crippen molar-refractivity contribution in [1.29, 1.82) is 0 Å². The number of rotatable bonds is 7. The number of hydrogen-bond donors (Lipinski definition) is 1. The molecular formula is C22H25N3OS2. The highest BCUT2D eigenvalue weighted by Crippen LogP contribution is 2.35. The molecule has 1 aliphatic rings. The van der Waals surface area contributed by atoms with E-state index >= 15 is 0 Å². The summed E-state index contributed by atoms with van der Waals surface area (Å²) < 4.78 is 1.23. The van der Waals surface area contributed by atoms with E-state index in [-0.39, 0.29) is 11.9 Å². The third-order valence-electron chi connectivity index (χ3n) is 4.99. The number of likely N-dealkylation sites (tertiary alicyclic amines) is 1. The SMILES string of the molecule is O=C(CN1CCCC[C@H]1c1nc2ccccc2s1)NCCSc1ccccc1. The summed E-state index contributed by atoms with van der Waals surface area (Å²) in [6.07, 6.45) is 3.43. The number of carbonyl (C=O) groups is 1. The lowest BCUT2D eigenvalue weighted by Crippen LogP contribution is -2.42. The van der Waals surface area contributed by atoms with E-state index in [1.54, 1.807) is 23.1 Å². The van der Waals surface area contributed by atoms with Gasteiger partial charge in [0.1, 0.15) is 5.01 Å². The lowest BCUT2D eigenvalue weighted by molar-refractivity contribution is -0.123. The maximum absolute atomic E-state index is 12.5. The zero-order valence-electron chi connectivity index (χ0n) is 15.8. The van der Waals surface area contributed by atoms with Gasteiger partial charge < -0.3 is 5.32 Å². The van der Waals surface area contributed by atoms with Crippen LogP contribution in [-0.2, 0) is 4.79 Å². The third-order valence-corrected chi connectivity index (χ3v) is 7.14. The molecule has 1 N–H and O–H groups in total. The van der Waals surface area contributed by atoms with Crippen LogP contribution in [-0.4, -0.2) is 41.2 Å². The van der Waals surface area contributed by atoms with Gasteiger partial charge in [-0.05, 0) is 43.7 Å². The van der Waals surface area contributed by atoms with Crippen molar-refractivity contribution in [2.45, 2.75) is 30.2 Å². The van der Waals surface area contributed by atoms with Crippen LogP contribution in [0.1, 0.15) is 30.3 Å². The van der Waals surface area contributed by atoms with Gasteiger partial charge in [0.2, 0.25) is 5.91 Å². The van der Waals surface area contributed by atoms with E-state index in [1.807, 2.05) is 24.3 Å². The van der Waals surface area contributed by atoms with E-state index < -0.39 is 0 Å². The van der Waals surface area contributed by atoms with Gasteiger partial charge in [0.15, 0.2) is 0 Å². The van der Waals surface area contributed by atoms with Crippen molar-refractivity contribution in [3.05, 3.63) is 59.6 Å². The first-order chi connectivity index (χ1) is 13.8. The van der Waals surface area contributed by atoms with Crippen LogP contribution in [0.5, 0.6) is 0 Å². The minimum absolute atomic E-state index is 0.113. The number of aromatic nitrogens is 1. The van der Waals surface area contributed by atoms with E-state index in [2.05, 4.69) is 40.5 Å². The van der Waals surface area contributed by atoms with Gasteiger partial charge in [0.05, 0.1) is 22.8 Å². The Balaban J connectivity index is 1.31. The molecule has 0 radical (unpaired) electrons. The Morgan fingerprint density at radius 1 is 1.14 bits per heavy atom. The number of benzene rings is 2. The molecule has 4 nitrogen and oxygen atoms in total. The monoisotopic (exact) mass is 411 g/mol. The van der Waals surface area contributed by atoms with Crippen molar-refractivity contribution in [2.75, 3.05) is 25.4 Å². The predicted molar refractivity (Wildman–Crippen MR) is 118 cm³/mol. The molecule has 0 bridgehead atoms. The van der Waals surface area contributed by atoms with E-state index in [0.29, 0.717) is 13.1 Å². The Hall–Kier alpha value is -1.89. The topological polar surface area (TPSA) is 45.2 Å². The number of thiazole rings is 1. The molecule has 1 amide bonds. The molecule has 1 saturated heterocycles. The van der Waals surface area contributed by atoms with E-state index in [1.165, 1.54) is 16.0 Å². The Morgan fingerprint density at radius 3 is 2.82 bits per heavy atom. The van der Waals surface area contributed by atoms with Crippen LogP contribution < -0.4 is 5.32 Å². The van der Waals surface area contributed by atoms with E-state index in [0.717, 1.165) is 35.7 Å². The first kappa shape index (κ1) is 19.4. The number of amides is 1. The third kappa shape index (κ3) is 4.93. The van der Waals surface area contributed by atoms with Crippen LogP contribution in [0.2, 0.25) is 0 Å². The fourth-order valence-electron chi connectivity index (χ4n) is 3.61. The summed E-state index contributed by atoms with van der Waals surface area (Å²) in [5, 5.41) is 4.23. The van der Waals surface area contributed by atoms with Gasteiger partial charge in [0, 0.05) is 17.2 Å². The molecular weight excluding hydrogens is 386 g/mol. The Labute approximate surface area is 174 Å². The number of hydrogen-bond acceptors (Lipinski definition) is 5. The molecule has 0 saturated carbocycles.